The van der Waals surface area contributed by atoms with Crippen molar-refractivity contribution in [3.8, 4) is 5.75 Å². The molecule has 3 aromatic carbocycles. The number of para-hydroxylation sites is 1. The SMILES string of the molecule is COc1ccccc1CNC(=O)C1CN(S(=O)(=O)c2ccc3cc(Cl)ccc3c2)CCN1C(=O)c1nc2c(s1)CNC(C)C2.Cl. The standard InChI is InChI=1S/C31H32ClN5O5S2.ClH/c1-19-13-25-28(17-33-19)43-30(35-25)31(39)37-12-11-36(18-26(37)29(38)34-16-22-5-3-4-6-27(22)42-2)44(40,41)24-10-8-20-14-23(32)9-7-21(20)15-24;/h3-10,14-15,19,26,33H,11-13,16-18H2,1-2H3,(H,34,38);1H. The summed E-state index contributed by atoms with van der Waals surface area (Å²) in [6.45, 7) is 2.72. The fourth-order valence-corrected chi connectivity index (χ4v) is 8.27. The number of rotatable bonds is 7. The van der Waals surface area contributed by atoms with E-state index in [-0.39, 0.29) is 55.4 Å². The Bertz CT molecular complexity index is 1850. The smallest absolute Gasteiger partial charge is 0.283 e. The van der Waals surface area contributed by atoms with Crippen molar-refractivity contribution in [1.82, 2.24) is 24.8 Å². The van der Waals surface area contributed by atoms with Gasteiger partial charge in [0.2, 0.25) is 15.9 Å². The summed E-state index contributed by atoms with van der Waals surface area (Å²) >= 11 is 7.43. The highest BCUT2D eigenvalue weighted by atomic mass is 35.5. The van der Waals surface area contributed by atoms with Crippen LogP contribution in [0.2, 0.25) is 5.02 Å². The van der Waals surface area contributed by atoms with Gasteiger partial charge in [0.25, 0.3) is 5.91 Å². The van der Waals surface area contributed by atoms with E-state index in [1.165, 1.54) is 26.6 Å². The number of sulfonamides is 1. The van der Waals surface area contributed by atoms with Gasteiger partial charge in [-0.2, -0.15) is 4.31 Å². The first-order valence-electron chi connectivity index (χ1n) is 14.3. The number of halogens is 2. The first kappa shape index (κ1) is 33.1. The molecule has 45 heavy (non-hydrogen) atoms. The Morgan fingerprint density at radius 2 is 1.87 bits per heavy atom. The number of nitrogens with zero attached hydrogens (tertiary/aromatic N) is 3. The molecule has 2 amide bonds. The van der Waals surface area contributed by atoms with Crippen molar-refractivity contribution >= 4 is 68.0 Å². The van der Waals surface area contributed by atoms with E-state index in [0.717, 1.165) is 26.9 Å². The molecule has 2 aliphatic rings. The summed E-state index contributed by atoms with van der Waals surface area (Å²) in [4.78, 5) is 34.8. The molecule has 2 unspecified atom stereocenters. The highest BCUT2D eigenvalue weighted by Crippen LogP contribution is 2.29. The summed E-state index contributed by atoms with van der Waals surface area (Å²) in [6, 6.07) is 16.6. The van der Waals surface area contributed by atoms with Crippen LogP contribution in [0.5, 0.6) is 5.75 Å². The minimum Gasteiger partial charge on any atom is -0.496 e. The van der Waals surface area contributed by atoms with Crippen LogP contribution in [0.15, 0.2) is 65.6 Å². The Labute approximate surface area is 277 Å². The number of amides is 2. The third-order valence-corrected chi connectivity index (χ3v) is 11.2. The van der Waals surface area contributed by atoms with Gasteiger partial charge in [0.05, 0.1) is 17.7 Å². The molecule has 10 nitrogen and oxygen atoms in total. The summed E-state index contributed by atoms with van der Waals surface area (Å²) < 4.78 is 34.4. The fraction of sp³-hybridized carbons (Fsp3) is 0.323. The second-order valence-electron chi connectivity index (χ2n) is 10.9. The minimum absolute atomic E-state index is 0. The molecule has 6 rings (SSSR count). The molecule has 2 N–H and O–H groups in total. The van der Waals surface area contributed by atoms with Gasteiger partial charge in [-0.05, 0) is 48.0 Å². The number of nitrogens with one attached hydrogen (secondary N) is 2. The normalized spacial score (nSPS) is 18.6. The van der Waals surface area contributed by atoms with Crippen LogP contribution in [-0.4, -0.2) is 73.2 Å². The lowest BCUT2D eigenvalue weighted by molar-refractivity contribution is -0.127. The molecule has 0 radical (unpaired) electrons. The van der Waals surface area contributed by atoms with Crippen LogP contribution in [-0.2, 0) is 34.3 Å². The largest absolute Gasteiger partial charge is 0.496 e. The maximum absolute atomic E-state index is 13.9. The van der Waals surface area contributed by atoms with E-state index in [2.05, 4.69) is 22.5 Å². The van der Waals surface area contributed by atoms with Crippen molar-refractivity contribution in [2.45, 2.75) is 43.4 Å². The summed E-state index contributed by atoms with van der Waals surface area (Å²) in [7, 11) is -2.44. The van der Waals surface area contributed by atoms with Crippen molar-refractivity contribution in [1.29, 1.82) is 0 Å². The van der Waals surface area contributed by atoms with Gasteiger partial charge >= 0.3 is 0 Å². The molecular formula is C31H33Cl2N5O5S2. The number of hydrogen-bond acceptors (Lipinski definition) is 8. The Morgan fingerprint density at radius 1 is 1.11 bits per heavy atom. The molecule has 0 bridgehead atoms. The van der Waals surface area contributed by atoms with Crippen molar-refractivity contribution in [2.24, 2.45) is 0 Å². The molecule has 3 heterocycles. The van der Waals surface area contributed by atoms with Crippen LogP contribution in [0.3, 0.4) is 0 Å². The van der Waals surface area contributed by atoms with Gasteiger partial charge in [0.1, 0.15) is 11.8 Å². The lowest BCUT2D eigenvalue weighted by atomic mass is 10.1. The zero-order valence-electron chi connectivity index (χ0n) is 24.7. The number of fused-ring (bicyclic) bond motifs is 2. The van der Waals surface area contributed by atoms with Crippen molar-refractivity contribution in [2.75, 3.05) is 26.7 Å². The molecule has 2 atom stereocenters. The Morgan fingerprint density at radius 3 is 2.67 bits per heavy atom. The van der Waals surface area contributed by atoms with Gasteiger partial charge in [0.15, 0.2) is 5.01 Å². The van der Waals surface area contributed by atoms with E-state index in [4.69, 9.17) is 16.3 Å². The molecule has 4 aromatic rings. The average Bonchev–Trinajstić information content (AvgIpc) is 3.46. The first-order valence-corrected chi connectivity index (χ1v) is 16.9. The van der Waals surface area contributed by atoms with E-state index >= 15 is 0 Å². The molecule has 238 valence electrons. The van der Waals surface area contributed by atoms with Gasteiger partial charge in [-0.25, -0.2) is 13.4 Å². The second kappa shape index (κ2) is 13.6. The molecule has 1 fully saturated rings. The molecule has 0 spiro atoms. The lowest BCUT2D eigenvalue weighted by Crippen LogP contribution is -2.61. The predicted molar refractivity (Wildman–Crippen MR) is 177 cm³/mol. The fourth-order valence-electron chi connectivity index (χ4n) is 5.62. The number of hydrogen-bond donors (Lipinski definition) is 2. The number of benzene rings is 3. The topological polar surface area (TPSA) is 121 Å². The maximum Gasteiger partial charge on any atom is 0.283 e. The highest BCUT2D eigenvalue weighted by Gasteiger charge is 2.41. The zero-order valence-corrected chi connectivity index (χ0v) is 27.9. The number of carbonyl (C=O) groups is 2. The molecule has 0 aliphatic carbocycles. The van der Waals surface area contributed by atoms with Gasteiger partial charge in [0, 0.05) is 60.6 Å². The highest BCUT2D eigenvalue weighted by molar-refractivity contribution is 7.89. The Hall–Kier alpha value is -3.26. The number of methoxy groups -OCH3 is 1. The first-order chi connectivity index (χ1) is 21.1. The van der Waals surface area contributed by atoms with Gasteiger partial charge in [-0.1, -0.05) is 41.9 Å². The Balaban J connectivity index is 0.00000400. The van der Waals surface area contributed by atoms with Crippen LogP contribution in [0.1, 0.15) is 32.9 Å². The monoisotopic (exact) mass is 689 g/mol. The van der Waals surface area contributed by atoms with Gasteiger partial charge in [-0.3, -0.25) is 9.59 Å². The van der Waals surface area contributed by atoms with Crippen LogP contribution in [0.25, 0.3) is 10.8 Å². The van der Waals surface area contributed by atoms with Crippen LogP contribution in [0.4, 0.5) is 0 Å². The third kappa shape index (κ3) is 6.81. The van der Waals surface area contributed by atoms with Gasteiger partial charge in [-0.15, -0.1) is 23.7 Å². The zero-order chi connectivity index (χ0) is 31.0. The van der Waals surface area contributed by atoms with E-state index < -0.39 is 22.0 Å². The summed E-state index contributed by atoms with van der Waals surface area (Å²) in [6.07, 6.45) is 0.714. The van der Waals surface area contributed by atoms with Crippen LogP contribution < -0.4 is 15.4 Å². The molecule has 0 saturated carbocycles. The van der Waals surface area contributed by atoms with Gasteiger partial charge < -0.3 is 20.3 Å². The van der Waals surface area contributed by atoms with Crippen LogP contribution >= 0.6 is 35.3 Å². The number of piperazine rings is 1. The number of ether oxygens (including phenoxy) is 1. The third-order valence-electron chi connectivity index (χ3n) is 8.04. The molecule has 1 saturated heterocycles. The summed E-state index contributed by atoms with van der Waals surface area (Å²) in [5, 5.41) is 8.69. The number of carbonyl (C=O) groups excluding carboxylic acids is 2. The number of aromatic nitrogens is 1. The second-order valence-corrected chi connectivity index (χ2v) is 14.4. The quantitative estimate of drug-likeness (QED) is 0.298. The molecule has 2 aliphatic heterocycles. The maximum atomic E-state index is 13.9. The van der Waals surface area contributed by atoms with E-state index in [1.54, 1.807) is 43.5 Å². The van der Waals surface area contributed by atoms with Crippen molar-refractivity contribution in [3.05, 3.63) is 86.8 Å². The van der Waals surface area contributed by atoms with E-state index in [0.29, 0.717) is 28.7 Å². The van der Waals surface area contributed by atoms with Crippen molar-refractivity contribution < 1.29 is 22.7 Å². The van der Waals surface area contributed by atoms with Crippen LogP contribution in [0, 0.1) is 0 Å². The van der Waals surface area contributed by atoms with E-state index in [1.807, 2.05) is 18.2 Å². The average molecular weight is 691 g/mol. The molecular weight excluding hydrogens is 657 g/mol. The lowest BCUT2D eigenvalue weighted by Gasteiger charge is -2.39. The molecule has 14 heteroatoms. The number of thiazole rings is 1. The van der Waals surface area contributed by atoms with E-state index in [9.17, 15) is 18.0 Å². The summed E-state index contributed by atoms with van der Waals surface area (Å²) in [5.74, 6) is -0.231. The van der Waals surface area contributed by atoms with Crippen molar-refractivity contribution in [3.63, 3.8) is 0 Å². The molecule has 1 aromatic heterocycles. The predicted octanol–water partition coefficient (Wildman–Crippen LogP) is 4.25. The minimum atomic E-state index is -3.99. The summed E-state index contributed by atoms with van der Waals surface area (Å²) in [5.41, 5.74) is 1.65. The Kier molecular flexibility index (Phi) is 10.0.